The molecule has 6 heteroatoms. The summed E-state index contributed by atoms with van der Waals surface area (Å²) in [6.45, 7) is 0. The Morgan fingerprint density at radius 2 is 1.72 bits per heavy atom. The van der Waals surface area contributed by atoms with E-state index in [2.05, 4.69) is 26.0 Å². The Labute approximate surface area is 151 Å². The molecule has 0 saturated carbocycles. The van der Waals surface area contributed by atoms with E-state index in [0.717, 1.165) is 21.3 Å². The minimum Gasteiger partial charge on any atom is -0.478 e. The number of aromatic nitrogens is 3. The molecule has 0 atom stereocenters. The molecule has 0 spiro atoms. The number of carboxylic acids is 1. The van der Waals surface area contributed by atoms with Gasteiger partial charge in [-0.15, -0.1) is 5.10 Å². The molecule has 25 heavy (non-hydrogen) atoms. The molecular formula is C19H12BrN3O2. The van der Waals surface area contributed by atoms with Gasteiger partial charge in [0.2, 0.25) is 0 Å². The summed E-state index contributed by atoms with van der Waals surface area (Å²) in [6.07, 6.45) is 0. The summed E-state index contributed by atoms with van der Waals surface area (Å²) in [7, 11) is 0. The van der Waals surface area contributed by atoms with Crippen LogP contribution >= 0.6 is 15.9 Å². The Bertz CT molecular complexity index is 1090. The first-order chi connectivity index (χ1) is 12.1. The number of carboxylic acid groups (broad SMARTS) is 1. The van der Waals surface area contributed by atoms with Crippen LogP contribution in [0.4, 0.5) is 0 Å². The predicted octanol–water partition coefficient (Wildman–Crippen LogP) is 4.52. The van der Waals surface area contributed by atoms with Crippen LogP contribution in [0, 0.1) is 0 Å². The van der Waals surface area contributed by atoms with Gasteiger partial charge in [-0.05, 0) is 24.3 Å². The average Bonchev–Trinajstić information content (AvgIpc) is 3.06. The summed E-state index contributed by atoms with van der Waals surface area (Å²) in [5, 5.41) is 14.0. The van der Waals surface area contributed by atoms with E-state index in [1.807, 2.05) is 54.6 Å². The number of hydrogen-bond acceptors (Lipinski definition) is 3. The summed E-state index contributed by atoms with van der Waals surface area (Å²) < 4.78 is 2.52. The van der Waals surface area contributed by atoms with Crippen molar-refractivity contribution in [3.8, 4) is 22.6 Å². The molecule has 0 aliphatic rings. The van der Waals surface area contributed by atoms with E-state index in [4.69, 9.17) is 0 Å². The number of nitrogens with zero attached hydrogens (tertiary/aromatic N) is 3. The molecule has 0 bridgehead atoms. The zero-order valence-corrected chi connectivity index (χ0v) is 14.5. The van der Waals surface area contributed by atoms with Crippen LogP contribution in [0.25, 0.3) is 28.3 Å². The number of rotatable bonds is 3. The van der Waals surface area contributed by atoms with Crippen LogP contribution in [0.3, 0.4) is 0 Å². The van der Waals surface area contributed by atoms with E-state index in [-0.39, 0.29) is 5.56 Å². The molecule has 122 valence electrons. The van der Waals surface area contributed by atoms with Gasteiger partial charge < -0.3 is 5.11 Å². The van der Waals surface area contributed by atoms with Crippen molar-refractivity contribution in [3.63, 3.8) is 0 Å². The molecular weight excluding hydrogens is 382 g/mol. The Morgan fingerprint density at radius 3 is 2.44 bits per heavy atom. The second kappa shape index (κ2) is 6.14. The second-order valence-corrected chi connectivity index (χ2v) is 6.40. The van der Waals surface area contributed by atoms with Crippen LogP contribution in [0.5, 0.6) is 0 Å². The van der Waals surface area contributed by atoms with Crippen molar-refractivity contribution in [1.82, 2.24) is 14.6 Å². The average molecular weight is 394 g/mol. The SMILES string of the molecule is O=C(O)c1ccc(-c2cccc(Br)c2)n2nc(-c3ccccc3)nc12. The molecule has 0 aliphatic carbocycles. The minimum absolute atomic E-state index is 0.119. The molecule has 2 heterocycles. The van der Waals surface area contributed by atoms with Crippen LogP contribution < -0.4 is 0 Å². The molecule has 0 saturated heterocycles. The van der Waals surface area contributed by atoms with Gasteiger partial charge in [0.15, 0.2) is 11.5 Å². The van der Waals surface area contributed by atoms with Gasteiger partial charge in [0, 0.05) is 15.6 Å². The van der Waals surface area contributed by atoms with Gasteiger partial charge in [-0.3, -0.25) is 0 Å². The number of carbonyl (C=O) groups is 1. The lowest BCUT2D eigenvalue weighted by atomic mass is 10.1. The zero-order valence-electron chi connectivity index (χ0n) is 12.9. The van der Waals surface area contributed by atoms with Gasteiger partial charge in [-0.1, -0.05) is 58.4 Å². The lowest BCUT2D eigenvalue weighted by Gasteiger charge is -2.06. The summed E-state index contributed by atoms with van der Waals surface area (Å²) in [5.41, 5.74) is 2.97. The highest BCUT2D eigenvalue weighted by atomic mass is 79.9. The first kappa shape index (κ1) is 15.5. The molecule has 2 aromatic carbocycles. The summed E-state index contributed by atoms with van der Waals surface area (Å²) in [6, 6.07) is 20.6. The van der Waals surface area contributed by atoms with E-state index in [1.165, 1.54) is 0 Å². The first-order valence-electron chi connectivity index (χ1n) is 7.58. The number of halogens is 1. The molecule has 5 nitrogen and oxygen atoms in total. The van der Waals surface area contributed by atoms with Crippen molar-refractivity contribution in [2.45, 2.75) is 0 Å². The van der Waals surface area contributed by atoms with Crippen LogP contribution in [-0.4, -0.2) is 25.7 Å². The fourth-order valence-corrected chi connectivity index (χ4v) is 3.10. The number of benzene rings is 2. The summed E-state index contributed by atoms with van der Waals surface area (Å²) in [5.74, 6) is -0.539. The highest BCUT2D eigenvalue weighted by Crippen LogP contribution is 2.26. The van der Waals surface area contributed by atoms with Crippen LogP contribution in [0.1, 0.15) is 10.4 Å². The van der Waals surface area contributed by atoms with Crippen LogP contribution in [0.2, 0.25) is 0 Å². The summed E-state index contributed by atoms with van der Waals surface area (Å²) in [4.78, 5) is 16.0. The Hall–Kier alpha value is -2.99. The fourth-order valence-electron chi connectivity index (χ4n) is 2.70. The van der Waals surface area contributed by atoms with Gasteiger partial charge in [0.05, 0.1) is 5.69 Å². The molecule has 4 aromatic rings. The Morgan fingerprint density at radius 1 is 0.960 bits per heavy atom. The molecule has 2 aromatic heterocycles. The standard InChI is InChI=1S/C19H12BrN3O2/c20-14-8-4-7-13(11-14)16-10-9-15(19(24)25)18-21-17(22-23(16)18)12-5-2-1-3-6-12/h1-11H,(H,24,25). The number of pyridine rings is 1. The van der Waals surface area contributed by atoms with Gasteiger partial charge >= 0.3 is 5.97 Å². The highest BCUT2D eigenvalue weighted by molar-refractivity contribution is 9.10. The third-order valence-electron chi connectivity index (χ3n) is 3.87. The number of aromatic carboxylic acids is 1. The van der Waals surface area contributed by atoms with E-state index in [1.54, 1.807) is 16.6 Å². The van der Waals surface area contributed by atoms with Crippen LogP contribution in [0.15, 0.2) is 71.2 Å². The second-order valence-electron chi connectivity index (χ2n) is 5.48. The zero-order chi connectivity index (χ0) is 17.4. The summed E-state index contributed by atoms with van der Waals surface area (Å²) >= 11 is 3.46. The third kappa shape index (κ3) is 2.81. The Balaban J connectivity index is 2.01. The molecule has 4 rings (SSSR count). The molecule has 0 amide bonds. The monoisotopic (exact) mass is 393 g/mol. The number of hydrogen-bond donors (Lipinski definition) is 1. The maximum Gasteiger partial charge on any atom is 0.339 e. The predicted molar refractivity (Wildman–Crippen MR) is 98.5 cm³/mol. The lowest BCUT2D eigenvalue weighted by molar-refractivity contribution is 0.0698. The topological polar surface area (TPSA) is 67.5 Å². The first-order valence-corrected chi connectivity index (χ1v) is 8.37. The van der Waals surface area contributed by atoms with Crippen LogP contribution in [-0.2, 0) is 0 Å². The van der Waals surface area contributed by atoms with Gasteiger partial charge in [-0.2, -0.15) is 0 Å². The third-order valence-corrected chi connectivity index (χ3v) is 4.36. The van der Waals surface area contributed by atoms with Crippen molar-refractivity contribution in [3.05, 3.63) is 76.8 Å². The molecule has 1 N–H and O–H groups in total. The van der Waals surface area contributed by atoms with Gasteiger partial charge in [-0.25, -0.2) is 14.3 Å². The Kier molecular flexibility index (Phi) is 3.82. The van der Waals surface area contributed by atoms with E-state index < -0.39 is 5.97 Å². The molecule has 0 radical (unpaired) electrons. The normalized spacial score (nSPS) is 10.9. The maximum atomic E-state index is 11.6. The largest absolute Gasteiger partial charge is 0.478 e. The molecule has 0 fully saturated rings. The fraction of sp³-hybridized carbons (Fsp3) is 0. The van der Waals surface area contributed by atoms with Gasteiger partial charge in [0.1, 0.15) is 5.56 Å². The van der Waals surface area contributed by atoms with Crippen molar-refractivity contribution < 1.29 is 9.90 Å². The maximum absolute atomic E-state index is 11.6. The molecule has 0 unspecified atom stereocenters. The van der Waals surface area contributed by atoms with E-state index in [9.17, 15) is 9.90 Å². The minimum atomic E-state index is -1.03. The smallest absolute Gasteiger partial charge is 0.339 e. The van der Waals surface area contributed by atoms with Crippen molar-refractivity contribution in [1.29, 1.82) is 0 Å². The van der Waals surface area contributed by atoms with Crippen molar-refractivity contribution in [2.75, 3.05) is 0 Å². The van der Waals surface area contributed by atoms with E-state index >= 15 is 0 Å². The van der Waals surface area contributed by atoms with Gasteiger partial charge in [0.25, 0.3) is 0 Å². The molecule has 0 aliphatic heterocycles. The van der Waals surface area contributed by atoms with Crippen molar-refractivity contribution >= 4 is 27.5 Å². The van der Waals surface area contributed by atoms with Crippen molar-refractivity contribution in [2.24, 2.45) is 0 Å². The lowest BCUT2D eigenvalue weighted by Crippen LogP contribution is -2.03. The number of fused-ring (bicyclic) bond motifs is 1. The van der Waals surface area contributed by atoms with E-state index in [0.29, 0.717) is 11.5 Å². The highest BCUT2D eigenvalue weighted by Gasteiger charge is 2.17. The quantitative estimate of drug-likeness (QED) is 0.555.